The van der Waals surface area contributed by atoms with Gasteiger partial charge in [-0.15, -0.1) is 0 Å². The van der Waals surface area contributed by atoms with Crippen LogP contribution in [0.15, 0.2) is 12.4 Å². The van der Waals surface area contributed by atoms with Gasteiger partial charge >= 0.3 is 0 Å². The lowest BCUT2D eigenvalue weighted by molar-refractivity contribution is 0.0739. The summed E-state index contributed by atoms with van der Waals surface area (Å²) < 4.78 is 0. The van der Waals surface area contributed by atoms with Gasteiger partial charge < -0.3 is 9.80 Å². The maximum atomic E-state index is 12.8. The average Bonchev–Trinajstić information content (AvgIpc) is 3.05. The third-order valence-corrected chi connectivity index (χ3v) is 4.98. The van der Waals surface area contributed by atoms with Crippen molar-refractivity contribution in [3.63, 3.8) is 0 Å². The molecule has 8 heteroatoms. The number of nitrogens with one attached hydrogen (secondary N) is 1. The van der Waals surface area contributed by atoms with Gasteiger partial charge in [0, 0.05) is 43.5 Å². The first-order chi connectivity index (χ1) is 11.7. The molecule has 2 aromatic rings. The molecule has 0 atom stereocenters. The van der Waals surface area contributed by atoms with E-state index in [1.165, 1.54) is 12.7 Å². The van der Waals surface area contributed by atoms with Gasteiger partial charge in [0.2, 0.25) is 0 Å². The van der Waals surface area contributed by atoms with E-state index in [0.717, 1.165) is 49.4 Å². The van der Waals surface area contributed by atoms with Crippen LogP contribution in [0, 0.1) is 0 Å². The summed E-state index contributed by atoms with van der Waals surface area (Å²) in [6.07, 6.45) is 5.72. The molecular formula is C16H19ClN6O. The number of amides is 1. The number of rotatable bonds is 2. The SMILES string of the molecule is O=C(c1n[nH]c2c1CCCC2)N1CCN(c2cc(Cl)ncn2)CC1. The van der Waals surface area contributed by atoms with E-state index in [9.17, 15) is 4.79 Å². The zero-order valence-corrected chi connectivity index (χ0v) is 14.1. The van der Waals surface area contributed by atoms with Crippen molar-refractivity contribution in [3.8, 4) is 0 Å². The molecule has 1 saturated heterocycles. The zero-order chi connectivity index (χ0) is 16.5. The minimum Gasteiger partial charge on any atom is -0.353 e. The van der Waals surface area contributed by atoms with Crippen molar-refractivity contribution in [2.45, 2.75) is 25.7 Å². The molecule has 126 valence electrons. The Balaban J connectivity index is 1.44. The van der Waals surface area contributed by atoms with Gasteiger partial charge in [0.25, 0.3) is 5.91 Å². The number of carbonyl (C=O) groups is 1. The van der Waals surface area contributed by atoms with Gasteiger partial charge in [-0.25, -0.2) is 9.97 Å². The van der Waals surface area contributed by atoms with Crippen molar-refractivity contribution in [2.24, 2.45) is 0 Å². The van der Waals surface area contributed by atoms with Crippen LogP contribution in [-0.4, -0.2) is 57.2 Å². The lowest BCUT2D eigenvalue weighted by Gasteiger charge is -2.35. The van der Waals surface area contributed by atoms with E-state index in [-0.39, 0.29) is 5.91 Å². The van der Waals surface area contributed by atoms with Crippen LogP contribution in [0.25, 0.3) is 0 Å². The summed E-state index contributed by atoms with van der Waals surface area (Å²) in [4.78, 5) is 25.0. The largest absolute Gasteiger partial charge is 0.353 e. The number of nitrogens with zero attached hydrogens (tertiary/aromatic N) is 5. The van der Waals surface area contributed by atoms with Crippen molar-refractivity contribution in [1.82, 2.24) is 25.1 Å². The third kappa shape index (κ3) is 2.84. The van der Waals surface area contributed by atoms with E-state index >= 15 is 0 Å². The number of aromatic nitrogens is 4. The number of aromatic amines is 1. The number of carbonyl (C=O) groups excluding carboxylic acids is 1. The molecule has 1 N–H and O–H groups in total. The van der Waals surface area contributed by atoms with Crippen molar-refractivity contribution < 1.29 is 4.79 Å². The summed E-state index contributed by atoms with van der Waals surface area (Å²) in [7, 11) is 0. The Morgan fingerprint density at radius 3 is 2.71 bits per heavy atom. The van der Waals surface area contributed by atoms with Gasteiger partial charge in [-0.1, -0.05) is 11.6 Å². The van der Waals surface area contributed by atoms with Crippen molar-refractivity contribution in [1.29, 1.82) is 0 Å². The monoisotopic (exact) mass is 346 g/mol. The average molecular weight is 347 g/mol. The number of halogens is 1. The van der Waals surface area contributed by atoms with Crippen molar-refractivity contribution in [2.75, 3.05) is 31.1 Å². The molecular weight excluding hydrogens is 328 g/mol. The summed E-state index contributed by atoms with van der Waals surface area (Å²) in [6, 6.07) is 1.75. The zero-order valence-electron chi connectivity index (χ0n) is 13.3. The van der Waals surface area contributed by atoms with E-state index in [4.69, 9.17) is 11.6 Å². The van der Waals surface area contributed by atoms with Gasteiger partial charge in [0.15, 0.2) is 5.69 Å². The second-order valence-corrected chi connectivity index (χ2v) is 6.60. The van der Waals surface area contributed by atoms with Crippen LogP contribution < -0.4 is 4.90 Å². The second kappa shape index (κ2) is 6.39. The fraction of sp³-hybridized carbons (Fsp3) is 0.500. The summed E-state index contributed by atoms with van der Waals surface area (Å²) in [5.41, 5.74) is 2.87. The van der Waals surface area contributed by atoms with Gasteiger partial charge in [0.05, 0.1) is 0 Å². The van der Waals surface area contributed by atoms with Crippen LogP contribution >= 0.6 is 11.6 Å². The van der Waals surface area contributed by atoms with Crippen molar-refractivity contribution >= 4 is 23.3 Å². The number of H-pyrrole nitrogens is 1. The molecule has 0 spiro atoms. The van der Waals surface area contributed by atoms with E-state index in [1.807, 2.05) is 4.90 Å². The third-order valence-electron chi connectivity index (χ3n) is 4.77. The number of hydrogen-bond acceptors (Lipinski definition) is 5. The summed E-state index contributed by atoms with van der Waals surface area (Å²) >= 11 is 5.92. The molecule has 0 bridgehead atoms. The van der Waals surface area contributed by atoms with Crippen LogP contribution in [0.1, 0.15) is 34.6 Å². The van der Waals surface area contributed by atoms with Crippen LogP contribution in [-0.2, 0) is 12.8 Å². The van der Waals surface area contributed by atoms with E-state index < -0.39 is 0 Å². The molecule has 0 saturated carbocycles. The summed E-state index contributed by atoms with van der Waals surface area (Å²) in [5, 5.41) is 7.77. The molecule has 0 radical (unpaired) electrons. The normalized spacial score (nSPS) is 17.7. The van der Waals surface area contributed by atoms with Crippen LogP contribution in [0.3, 0.4) is 0 Å². The Bertz CT molecular complexity index is 753. The van der Waals surface area contributed by atoms with E-state index in [1.54, 1.807) is 6.07 Å². The first-order valence-corrected chi connectivity index (χ1v) is 8.68. The molecule has 24 heavy (non-hydrogen) atoms. The highest BCUT2D eigenvalue weighted by atomic mass is 35.5. The molecule has 0 aromatic carbocycles. The number of fused-ring (bicyclic) bond motifs is 1. The first-order valence-electron chi connectivity index (χ1n) is 8.30. The predicted octanol–water partition coefficient (Wildman–Crippen LogP) is 1.69. The molecule has 2 aliphatic rings. The fourth-order valence-corrected chi connectivity index (χ4v) is 3.58. The van der Waals surface area contributed by atoms with Crippen molar-refractivity contribution in [3.05, 3.63) is 34.5 Å². The lowest BCUT2D eigenvalue weighted by Crippen LogP contribution is -2.49. The van der Waals surface area contributed by atoms with Crippen LogP contribution in [0.4, 0.5) is 5.82 Å². The molecule has 1 amide bonds. The number of anilines is 1. The number of piperazine rings is 1. The molecule has 3 heterocycles. The molecule has 2 aromatic heterocycles. The Hall–Kier alpha value is -2.15. The molecule has 1 fully saturated rings. The topological polar surface area (TPSA) is 78.0 Å². The standard InChI is InChI=1S/C16H19ClN6O/c17-13-9-14(19-10-18-13)22-5-7-23(8-6-22)16(24)15-11-3-1-2-4-12(11)20-21-15/h9-10H,1-8H2,(H,20,21). The number of aryl methyl sites for hydroxylation is 1. The van der Waals surface area contributed by atoms with E-state index in [0.29, 0.717) is 23.9 Å². The van der Waals surface area contributed by atoms with Crippen LogP contribution in [0.2, 0.25) is 5.15 Å². The highest BCUT2D eigenvalue weighted by Crippen LogP contribution is 2.24. The van der Waals surface area contributed by atoms with Gasteiger partial charge in [-0.05, 0) is 25.7 Å². The van der Waals surface area contributed by atoms with Gasteiger partial charge in [-0.2, -0.15) is 5.10 Å². The van der Waals surface area contributed by atoms with Gasteiger partial charge in [0.1, 0.15) is 17.3 Å². The fourth-order valence-electron chi connectivity index (χ4n) is 3.44. The molecule has 4 rings (SSSR count). The maximum Gasteiger partial charge on any atom is 0.274 e. The smallest absolute Gasteiger partial charge is 0.274 e. The summed E-state index contributed by atoms with van der Waals surface area (Å²) in [5.74, 6) is 0.842. The maximum absolute atomic E-state index is 12.8. The van der Waals surface area contributed by atoms with Gasteiger partial charge in [-0.3, -0.25) is 9.89 Å². The molecule has 1 aliphatic heterocycles. The van der Waals surface area contributed by atoms with Crippen LogP contribution in [0.5, 0.6) is 0 Å². The quantitative estimate of drug-likeness (QED) is 0.837. The minimum absolute atomic E-state index is 0.0368. The molecule has 1 aliphatic carbocycles. The van der Waals surface area contributed by atoms with E-state index in [2.05, 4.69) is 25.1 Å². The highest BCUT2D eigenvalue weighted by molar-refractivity contribution is 6.29. The highest BCUT2D eigenvalue weighted by Gasteiger charge is 2.28. The first kappa shape index (κ1) is 15.4. The molecule has 0 unspecified atom stereocenters. The second-order valence-electron chi connectivity index (χ2n) is 6.21. The Kier molecular flexibility index (Phi) is 4.10. The predicted molar refractivity (Wildman–Crippen MR) is 90.4 cm³/mol. The minimum atomic E-state index is 0.0368. The summed E-state index contributed by atoms with van der Waals surface area (Å²) in [6.45, 7) is 2.77. The molecule has 7 nitrogen and oxygen atoms in total. The number of hydrogen-bond donors (Lipinski definition) is 1. The lowest BCUT2D eigenvalue weighted by atomic mass is 9.95. The Morgan fingerprint density at radius 1 is 1.12 bits per heavy atom. The Morgan fingerprint density at radius 2 is 1.92 bits per heavy atom. The Labute approximate surface area is 145 Å².